The summed E-state index contributed by atoms with van der Waals surface area (Å²) in [7, 11) is 0. The number of carboxylic acid groups (broad SMARTS) is 4. The average molecular weight is 238 g/mol. The van der Waals surface area contributed by atoms with Crippen LogP contribution >= 0.6 is 0 Å². The van der Waals surface area contributed by atoms with E-state index in [0.29, 0.717) is 0 Å². The molecule has 0 aromatic rings. The molecule has 0 heterocycles. The van der Waals surface area contributed by atoms with Crippen LogP contribution in [0.2, 0.25) is 0 Å². The normalized spacial score (nSPS) is 6.75. The van der Waals surface area contributed by atoms with E-state index in [1.54, 1.807) is 0 Å². The molecule has 0 saturated carbocycles. The van der Waals surface area contributed by atoms with Crippen LogP contribution in [0.3, 0.4) is 0 Å². The first kappa shape index (κ1) is 18.9. The molecule has 0 aliphatic heterocycles. The van der Waals surface area contributed by atoms with Crippen LogP contribution in [0.1, 0.15) is 0 Å². The standard InChI is InChI=1S/2C2H2O4.C2H2O2/c2*3-1(4)2(5)6;3-1-2-4/h2*(H,3,4)(H,5,6);1-2H. The number of aliphatic carboxylic acids is 4. The van der Waals surface area contributed by atoms with E-state index in [9.17, 15) is 0 Å². The van der Waals surface area contributed by atoms with E-state index in [1.807, 2.05) is 0 Å². The lowest BCUT2D eigenvalue weighted by atomic mass is 10.7. The van der Waals surface area contributed by atoms with Gasteiger partial charge in [0.2, 0.25) is 0 Å². The number of carbonyl (C=O) groups excluding carboxylic acids is 2. The topological polar surface area (TPSA) is 183 Å². The van der Waals surface area contributed by atoms with Crippen LogP contribution < -0.4 is 0 Å². The molecule has 10 heteroatoms. The van der Waals surface area contributed by atoms with Crippen molar-refractivity contribution in [2.24, 2.45) is 0 Å². The molecule has 0 atom stereocenters. The van der Waals surface area contributed by atoms with Crippen molar-refractivity contribution < 1.29 is 49.2 Å². The third-order valence-corrected chi connectivity index (χ3v) is 0.421. The Morgan fingerprint density at radius 2 is 0.688 bits per heavy atom. The first-order valence-electron chi connectivity index (χ1n) is 3.02. The van der Waals surface area contributed by atoms with Crippen LogP contribution in [-0.2, 0) is 28.8 Å². The van der Waals surface area contributed by atoms with Gasteiger partial charge >= 0.3 is 23.9 Å². The highest BCUT2D eigenvalue weighted by Gasteiger charge is 2.04. The molecule has 0 amide bonds. The minimum atomic E-state index is -1.82. The molecule has 0 aliphatic rings. The second-order valence-corrected chi connectivity index (χ2v) is 1.49. The first-order valence-corrected chi connectivity index (χ1v) is 3.02. The van der Waals surface area contributed by atoms with Crippen molar-refractivity contribution in [2.75, 3.05) is 0 Å². The zero-order valence-electron chi connectivity index (χ0n) is 7.39. The minimum Gasteiger partial charge on any atom is -0.473 e. The Kier molecular flexibility index (Phi) is 14.4. The molecule has 10 nitrogen and oxygen atoms in total. The minimum absolute atomic E-state index is 0.194. The molecule has 0 bridgehead atoms. The largest absolute Gasteiger partial charge is 0.473 e. The first-order chi connectivity index (χ1) is 7.20. The molecule has 0 saturated heterocycles. The molecule has 0 rings (SSSR count). The van der Waals surface area contributed by atoms with E-state index in [-0.39, 0.29) is 12.6 Å². The highest BCUT2D eigenvalue weighted by molar-refractivity contribution is 6.27. The second kappa shape index (κ2) is 12.2. The van der Waals surface area contributed by atoms with Crippen LogP contribution in [0.4, 0.5) is 0 Å². The van der Waals surface area contributed by atoms with Gasteiger partial charge in [0.15, 0.2) is 12.6 Å². The zero-order chi connectivity index (χ0) is 13.7. The summed E-state index contributed by atoms with van der Waals surface area (Å²) in [4.78, 5) is 54.0. The van der Waals surface area contributed by atoms with Gasteiger partial charge in [0.1, 0.15) is 0 Å². The fraction of sp³-hybridized carbons (Fsp3) is 0. The molecule has 0 aromatic carbocycles. The highest BCUT2D eigenvalue weighted by atomic mass is 16.4. The molecule has 0 fully saturated rings. The molecular weight excluding hydrogens is 232 g/mol. The molecule has 0 aromatic heterocycles. The van der Waals surface area contributed by atoms with Gasteiger partial charge in [-0.25, -0.2) is 19.2 Å². The lowest BCUT2D eigenvalue weighted by Gasteiger charge is -1.72. The smallest absolute Gasteiger partial charge is 0.414 e. The summed E-state index contributed by atoms with van der Waals surface area (Å²) in [5.74, 6) is -7.30. The van der Waals surface area contributed by atoms with Crippen molar-refractivity contribution in [3.05, 3.63) is 0 Å². The van der Waals surface area contributed by atoms with Gasteiger partial charge in [-0.05, 0) is 0 Å². The van der Waals surface area contributed by atoms with Crippen molar-refractivity contribution >= 4 is 36.4 Å². The van der Waals surface area contributed by atoms with Crippen LogP contribution in [0.15, 0.2) is 0 Å². The predicted molar refractivity (Wildman–Crippen MR) is 42.7 cm³/mol. The molecule has 16 heavy (non-hydrogen) atoms. The number of carboxylic acids is 4. The summed E-state index contributed by atoms with van der Waals surface area (Å²) >= 11 is 0. The lowest BCUT2D eigenvalue weighted by molar-refractivity contribution is -0.159. The maximum Gasteiger partial charge on any atom is 0.414 e. The van der Waals surface area contributed by atoms with Gasteiger partial charge in [-0.3, -0.25) is 9.59 Å². The van der Waals surface area contributed by atoms with Gasteiger partial charge in [-0.1, -0.05) is 0 Å². The summed E-state index contributed by atoms with van der Waals surface area (Å²) < 4.78 is 0. The molecule has 0 unspecified atom stereocenters. The van der Waals surface area contributed by atoms with E-state index in [1.165, 1.54) is 0 Å². The third-order valence-electron chi connectivity index (χ3n) is 0.421. The summed E-state index contributed by atoms with van der Waals surface area (Å²) in [6.45, 7) is 0. The monoisotopic (exact) mass is 238 g/mol. The summed E-state index contributed by atoms with van der Waals surface area (Å²) in [6, 6.07) is 0. The van der Waals surface area contributed by atoms with Crippen molar-refractivity contribution in [3.63, 3.8) is 0 Å². The predicted octanol–water partition coefficient (Wildman–Crippen LogP) is -2.30. The maximum absolute atomic E-state index is 9.10. The third kappa shape index (κ3) is 30.3. The van der Waals surface area contributed by atoms with E-state index in [2.05, 4.69) is 0 Å². The van der Waals surface area contributed by atoms with Gasteiger partial charge in [-0.15, -0.1) is 0 Å². The second-order valence-electron chi connectivity index (χ2n) is 1.49. The van der Waals surface area contributed by atoms with Crippen molar-refractivity contribution in [1.29, 1.82) is 0 Å². The molecule has 0 radical (unpaired) electrons. The number of aldehydes is 2. The zero-order valence-corrected chi connectivity index (χ0v) is 7.39. The molecular formula is C6H6O10. The number of rotatable bonds is 1. The van der Waals surface area contributed by atoms with Crippen molar-refractivity contribution in [2.45, 2.75) is 0 Å². The number of hydrogen-bond acceptors (Lipinski definition) is 6. The fourth-order valence-electron chi connectivity index (χ4n) is 0. The quantitative estimate of drug-likeness (QED) is 0.286. The lowest BCUT2D eigenvalue weighted by Crippen LogP contribution is -2.09. The van der Waals surface area contributed by atoms with Crippen molar-refractivity contribution in [3.8, 4) is 0 Å². The summed E-state index contributed by atoms with van der Waals surface area (Å²) in [6.07, 6.45) is 0.389. The molecule has 0 spiro atoms. The van der Waals surface area contributed by atoms with Crippen LogP contribution in [-0.4, -0.2) is 56.9 Å². The molecule has 90 valence electrons. The van der Waals surface area contributed by atoms with Crippen LogP contribution in [0, 0.1) is 0 Å². The summed E-state index contributed by atoms with van der Waals surface area (Å²) in [5.41, 5.74) is 0. The van der Waals surface area contributed by atoms with Gasteiger partial charge in [0, 0.05) is 0 Å². The number of carbonyl (C=O) groups is 6. The van der Waals surface area contributed by atoms with Gasteiger partial charge in [-0.2, -0.15) is 0 Å². The Balaban J connectivity index is -0.000000162. The maximum atomic E-state index is 9.10. The highest BCUT2D eigenvalue weighted by Crippen LogP contribution is 1.56. The van der Waals surface area contributed by atoms with Gasteiger partial charge in [0.05, 0.1) is 0 Å². The van der Waals surface area contributed by atoms with E-state index in [4.69, 9.17) is 49.2 Å². The summed E-state index contributed by atoms with van der Waals surface area (Å²) in [5, 5.41) is 29.6. The van der Waals surface area contributed by atoms with Crippen LogP contribution in [0.5, 0.6) is 0 Å². The van der Waals surface area contributed by atoms with Gasteiger partial charge in [0.25, 0.3) is 0 Å². The molecule has 0 aliphatic carbocycles. The molecule has 4 N–H and O–H groups in total. The Morgan fingerprint density at radius 1 is 0.562 bits per heavy atom. The SMILES string of the molecule is O=C(O)C(=O)O.O=C(O)C(=O)O.O=CC=O. The van der Waals surface area contributed by atoms with Gasteiger partial charge < -0.3 is 20.4 Å². The Hall–Kier alpha value is -2.78. The fourth-order valence-corrected chi connectivity index (χ4v) is 0. The van der Waals surface area contributed by atoms with Crippen molar-refractivity contribution in [1.82, 2.24) is 0 Å². The number of hydrogen-bond donors (Lipinski definition) is 4. The van der Waals surface area contributed by atoms with E-state index in [0.717, 1.165) is 0 Å². The van der Waals surface area contributed by atoms with E-state index >= 15 is 0 Å². The average Bonchev–Trinajstić information content (AvgIpc) is 2.18. The van der Waals surface area contributed by atoms with Crippen LogP contribution in [0.25, 0.3) is 0 Å². The Bertz CT molecular complexity index is 236. The Labute approximate surface area is 86.7 Å². The van der Waals surface area contributed by atoms with E-state index < -0.39 is 23.9 Å². The Morgan fingerprint density at radius 3 is 0.688 bits per heavy atom.